The van der Waals surface area contributed by atoms with Crippen molar-refractivity contribution in [3.63, 3.8) is 0 Å². The third-order valence-electron chi connectivity index (χ3n) is 30.3. The van der Waals surface area contributed by atoms with E-state index >= 15 is 0 Å². The lowest BCUT2D eigenvalue weighted by Crippen LogP contribution is -2.56. The number of piperazine rings is 8. The first-order valence-electron chi connectivity index (χ1n) is 55.6. The summed E-state index contributed by atoms with van der Waals surface area (Å²) in [5.41, 5.74) is 4.31. The fourth-order valence-corrected chi connectivity index (χ4v) is 19.6. The molecule has 13 rings (SSSR count). The average molecular weight is 2050 g/mol. The Balaban J connectivity index is 0.000000255. The van der Waals surface area contributed by atoms with Crippen LogP contribution in [0.15, 0.2) is 91.0 Å². The molecule has 146 heavy (non-hydrogen) atoms. The number of rotatable bonds is 24. The second kappa shape index (κ2) is 65.0. The van der Waals surface area contributed by atoms with Gasteiger partial charge in [-0.25, -0.2) is 9.59 Å². The molecular weight excluding hydrogens is 1840 g/mol. The van der Waals surface area contributed by atoms with Gasteiger partial charge in [0.15, 0.2) is 0 Å². The SMILES string of the molecule is CC(C)(C)N1CCN(C(=O)CC2CCOC2)CC1.CC(C)(C)N1CCN(C(=O)CCc2ccccc2)CC1.CC(C)N1CCN(C(=O)CC2CCOCC2)CC1.CC(C)N1CCN(C(=O)Cc2ccccc2)CC1.CC(C)N1CCN(C(=O)N(C)c2ccccc2)CC1.CCC(CO)CC(=O)N1CCN(C(C)(C)C)CC1.COCCCC(=O)N1CCN(C(C)(C)C)CC1.COCCN(C)C(=O)N1CCN(C(C)(C)C)CC1. The maximum atomic E-state index is 12.4. The molecular formula is C115H204N18O13. The van der Waals surface area contributed by atoms with Crippen LogP contribution in [-0.2, 0) is 60.6 Å². The van der Waals surface area contributed by atoms with Gasteiger partial charge in [0, 0.05) is 368 Å². The number of aliphatic hydroxyl groups is 1. The van der Waals surface area contributed by atoms with Gasteiger partial charge in [0.2, 0.25) is 35.4 Å². The average Bonchev–Trinajstić information content (AvgIpc) is 1.01. The molecule has 10 heterocycles. The number of aliphatic hydroxyl groups excluding tert-OH is 1. The molecule has 10 fully saturated rings. The van der Waals surface area contributed by atoms with Gasteiger partial charge in [-0.15, -0.1) is 0 Å². The fraction of sp³-hybridized carbons (Fsp3) is 0.774. The van der Waals surface area contributed by atoms with Crippen molar-refractivity contribution in [3.8, 4) is 0 Å². The summed E-state index contributed by atoms with van der Waals surface area (Å²) in [7, 11) is 7.00. The molecule has 1 N–H and O–H groups in total. The number of ether oxygens (including phenoxy) is 4. The zero-order valence-electron chi connectivity index (χ0n) is 96.3. The molecule has 832 valence electrons. The van der Waals surface area contributed by atoms with E-state index in [0.717, 1.165) is 292 Å². The van der Waals surface area contributed by atoms with Crippen molar-refractivity contribution < 1.29 is 62.4 Å². The quantitative estimate of drug-likeness (QED) is 0.0818. The maximum Gasteiger partial charge on any atom is 0.324 e. The second-order valence-electron chi connectivity index (χ2n) is 46.9. The van der Waals surface area contributed by atoms with E-state index in [1.165, 1.54) is 5.56 Å². The number of carbonyl (C=O) groups is 8. The van der Waals surface area contributed by atoms with Crippen molar-refractivity contribution >= 4 is 53.2 Å². The van der Waals surface area contributed by atoms with E-state index in [4.69, 9.17) is 24.1 Å². The summed E-state index contributed by atoms with van der Waals surface area (Å²) < 4.78 is 20.6. The van der Waals surface area contributed by atoms with Crippen molar-refractivity contribution in [2.75, 3.05) is 295 Å². The predicted molar refractivity (Wildman–Crippen MR) is 593 cm³/mol. The van der Waals surface area contributed by atoms with E-state index in [1.807, 2.05) is 139 Å². The molecule has 2 atom stereocenters. The number of urea groups is 2. The van der Waals surface area contributed by atoms with Gasteiger partial charge in [0.25, 0.3) is 0 Å². The number of carbonyl (C=O) groups excluding carboxylic acids is 8. The third-order valence-corrected chi connectivity index (χ3v) is 30.3. The van der Waals surface area contributed by atoms with Crippen LogP contribution < -0.4 is 4.90 Å². The van der Waals surface area contributed by atoms with Gasteiger partial charge >= 0.3 is 12.1 Å². The summed E-state index contributed by atoms with van der Waals surface area (Å²) in [6.07, 6.45) is 9.36. The molecule has 0 bridgehead atoms. The Hall–Kier alpha value is -7.50. The molecule has 0 saturated carbocycles. The molecule has 0 aliphatic carbocycles. The molecule has 0 aromatic heterocycles. The highest BCUT2D eigenvalue weighted by Gasteiger charge is 2.37. The Kier molecular flexibility index (Phi) is 56.6. The number of aryl methyl sites for hydroxylation is 1. The summed E-state index contributed by atoms with van der Waals surface area (Å²) in [5.74, 6) is 2.82. The van der Waals surface area contributed by atoms with E-state index in [0.29, 0.717) is 99.5 Å². The van der Waals surface area contributed by atoms with Crippen LogP contribution in [0.25, 0.3) is 0 Å². The van der Waals surface area contributed by atoms with Crippen molar-refractivity contribution in [1.82, 2.24) is 83.3 Å². The number of hydrogen-bond acceptors (Lipinski definition) is 21. The van der Waals surface area contributed by atoms with E-state index < -0.39 is 0 Å². The summed E-state index contributed by atoms with van der Waals surface area (Å²) in [6.45, 7) is 83.3. The van der Waals surface area contributed by atoms with Crippen LogP contribution in [0.3, 0.4) is 0 Å². The first-order chi connectivity index (χ1) is 69.0. The summed E-state index contributed by atoms with van der Waals surface area (Å²) >= 11 is 0. The zero-order valence-corrected chi connectivity index (χ0v) is 96.3. The minimum absolute atomic E-state index is 0.0922. The number of amides is 10. The van der Waals surface area contributed by atoms with Crippen molar-refractivity contribution in [1.29, 1.82) is 0 Å². The van der Waals surface area contributed by atoms with Crippen LogP contribution >= 0.6 is 0 Å². The molecule has 2 unspecified atom stereocenters. The molecule has 3 aromatic rings. The highest BCUT2D eigenvalue weighted by molar-refractivity contribution is 5.91. The van der Waals surface area contributed by atoms with Gasteiger partial charge in [-0.05, 0) is 219 Å². The van der Waals surface area contributed by atoms with Crippen LogP contribution in [0.4, 0.5) is 15.3 Å². The Morgan fingerprint density at radius 1 is 0.363 bits per heavy atom. The van der Waals surface area contributed by atoms with Crippen LogP contribution in [0, 0.1) is 17.8 Å². The van der Waals surface area contributed by atoms with Crippen LogP contribution in [0.5, 0.6) is 0 Å². The van der Waals surface area contributed by atoms with Gasteiger partial charge in [0.1, 0.15) is 0 Å². The standard InChI is InChI=1S/C17H26N2O.C15H23N3O.C15H22N2O.2C14H26N2O2.C14H28N2O2.C13H27N3O2.C13H26N2O2/c1-17(2,3)19-13-11-18(12-14-19)16(20)10-9-15-7-5-4-6-8-15;1-13(2)17-9-11-18(12-10-17)15(19)16(3)14-7-5-4-6-8-14;1-13(2)16-8-10-17(11-9-16)15(18)12-14-6-4-3-5-7-14;1-14(2,3)16-7-5-15(6-8-16)13(17)10-12-4-9-18-11-12;1-12(2)15-5-7-16(8-6-15)14(17)11-13-3-9-18-10-4-13;1-5-12(11-17)10-13(18)15-6-8-16(9-7-15)14(2,3)4;1-13(2,3)16-8-6-15(7-9-16)12(17)14(4)10-11-18-5;1-13(2,3)15-9-7-14(8-10-15)12(16)6-5-11-17-4/h4-8H,9-14H2,1-3H3;4-8,13H,9-12H2,1-3H3;3-7,13H,8-12H2,1-2H3;12H,4-11H2,1-3H3;12-13H,3-11H2,1-2H3;12,17H,5-11H2,1-4H3;6-11H2,1-5H3;5-11H2,1-4H3. The number of methoxy groups -OCH3 is 2. The molecule has 10 aliphatic rings. The zero-order chi connectivity index (χ0) is 108. The number of nitrogens with zero attached hydrogens (tertiary/aromatic N) is 18. The summed E-state index contributed by atoms with van der Waals surface area (Å²) in [4.78, 5) is 136. The van der Waals surface area contributed by atoms with Gasteiger partial charge in [-0.3, -0.25) is 72.9 Å². The first-order valence-corrected chi connectivity index (χ1v) is 55.6. The van der Waals surface area contributed by atoms with Crippen LogP contribution in [0.1, 0.15) is 228 Å². The minimum Gasteiger partial charge on any atom is -0.396 e. The maximum absolute atomic E-state index is 12.4. The lowest BCUT2D eigenvalue weighted by molar-refractivity contribution is -0.135. The van der Waals surface area contributed by atoms with Crippen molar-refractivity contribution in [2.24, 2.45) is 17.8 Å². The van der Waals surface area contributed by atoms with Crippen molar-refractivity contribution in [2.45, 2.75) is 275 Å². The highest BCUT2D eigenvalue weighted by atomic mass is 16.5. The van der Waals surface area contributed by atoms with E-state index in [1.54, 1.807) is 24.0 Å². The number of hydrogen-bond donors (Lipinski definition) is 1. The lowest BCUT2D eigenvalue weighted by Gasteiger charge is -2.43. The summed E-state index contributed by atoms with van der Waals surface area (Å²) in [5, 5.41) is 9.14. The van der Waals surface area contributed by atoms with E-state index in [2.05, 4.69) is 197 Å². The predicted octanol–water partition coefficient (Wildman–Crippen LogP) is 13.1. The molecule has 10 saturated heterocycles. The van der Waals surface area contributed by atoms with Gasteiger partial charge in [-0.2, -0.15) is 0 Å². The highest BCUT2D eigenvalue weighted by Crippen LogP contribution is 2.27. The number of likely N-dealkylation sites (N-methyl/N-ethyl adjacent to an activating group) is 1. The largest absolute Gasteiger partial charge is 0.396 e. The summed E-state index contributed by atoms with van der Waals surface area (Å²) in [6, 6.07) is 32.0. The molecule has 31 nitrogen and oxygen atoms in total. The molecule has 31 heteroatoms. The number of benzene rings is 3. The number of para-hydroxylation sites is 1. The van der Waals surface area contributed by atoms with Gasteiger partial charge in [-0.1, -0.05) is 92.2 Å². The molecule has 0 radical (unpaired) electrons. The number of anilines is 1. The molecule has 3 aromatic carbocycles. The lowest BCUT2D eigenvalue weighted by atomic mass is 9.96. The third kappa shape index (κ3) is 46.8. The molecule has 10 aliphatic heterocycles. The van der Waals surface area contributed by atoms with Gasteiger partial charge in [0.05, 0.1) is 13.0 Å². The monoisotopic (exact) mass is 2050 g/mol. The van der Waals surface area contributed by atoms with Crippen molar-refractivity contribution in [3.05, 3.63) is 102 Å². The Morgan fingerprint density at radius 3 is 1.02 bits per heavy atom. The Morgan fingerprint density at radius 2 is 0.671 bits per heavy atom. The minimum atomic E-state index is 0.0922. The molecule has 0 spiro atoms. The van der Waals surface area contributed by atoms with Crippen LogP contribution in [-0.4, -0.2) is 472 Å². The van der Waals surface area contributed by atoms with E-state index in [-0.39, 0.29) is 70.0 Å². The van der Waals surface area contributed by atoms with Crippen LogP contribution in [0.2, 0.25) is 0 Å². The Labute approximate surface area is 884 Å². The Bertz CT molecular complexity index is 4060. The van der Waals surface area contributed by atoms with Gasteiger partial charge < -0.3 is 68.2 Å². The second-order valence-corrected chi connectivity index (χ2v) is 46.9. The first kappa shape index (κ1) is 127. The van der Waals surface area contributed by atoms with E-state index in [9.17, 15) is 38.4 Å². The topological polar surface area (TPSA) is 252 Å². The smallest absolute Gasteiger partial charge is 0.324 e. The molecule has 10 amide bonds. The normalized spacial score (nSPS) is 19.7. The fourth-order valence-electron chi connectivity index (χ4n) is 19.6.